The highest BCUT2D eigenvalue weighted by molar-refractivity contribution is 9.10. The van der Waals surface area contributed by atoms with Crippen molar-refractivity contribution in [2.45, 2.75) is 6.92 Å². The average Bonchev–Trinajstić information content (AvgIpc) is 1.94. The van der Waals surface area contributed by atoms with Crippen LogP contribution in [0.5, 0.6) is 0 Å². The molecule has 1 aromatic heterocycles. The molecule has 2 N–H and O–H groups in total. The molecule has 0 saturated carbocycles. The van der Waals surface area contributed by atoms with Gasteiger partial charge in [-0.15, -0.1) is 0 Å². The van der Waals surface area contributed by atoms with Crippen LogP contribution >= 0.6 is 15.9 Å². The van der Waals surface area contributed by atoms with Crippen LogP contribution in [0.2, 0.25) is 0 Å². The van der Waals surface area contributed by atoms with Crippen LogP contribution in [0.3, 0.4) is 0 Å². The Hall–Kier alpha value is -0.900. The Kier molecular flexibility index (Phi) is 2.24. The standard InChI is InChI=1S/C7H7BrN2O/c1-4(11)5-2-6(8)7(9)10-3-5/h2-3H,1H3,(H2,9,10). The lowest BCUT2D eigenvalue weighted by molar-refractivity contribution is 0.101. The second-order valence-electron chi connectivity index (χ2n) is 2.15. The van der Waals surface area contributed by atoms with Crippen LogP contribution in [0, 0.1) is 0 Å². The molecular weight excluding hydrogens is 208 g/mol. The predicted octanol–water partition coefficient (Wildman–Crippen LogP) is 1.63. The van der Waals surface area contributed by atoms with Crippen molar-refractivity contribution in [3.63, 3.8) is 0 Å². The first-order valence-corrected chi connectivity index (χ1v) is 3.82. The Bertz CT molecular complexity index is 298. The maximum absolute atomic E-state index is 10.8. The summed E-state index contributed by atoms with van der Waals surface area (Å²) in [6, 6.07) is 1.66. The molecule has 0 atom stereocenters. The smallest absolute Gasteiger partial charge is 0.161 e. The summed E-state index contributed by atoms with van der Waals surface area (Å²) in [5.74, 6) is 0.383. The van der Waals surface area contributed by atoms with Crippen molar-refractivity contribution in [1.29, 1.82) is 0 Å². The van der Waals surface area contributed by atoms with E-state index in [4.69, 9.17) is 5.73 Å². The fourth-order valence-electron chi connectivity index (χ4n) is 0.641. The van der Waals surface area contributed by atoms with Gasteiger partial charge >= 0.3 is 0 Å². The minimum Gasteiger partial charge on any atom is -0.383 e. The molecule has 4 heteroatoms. The molecule has 0 aliphatic carbocycles. The fourth-order valence-corrected chi connectivity index (χ4v) is 0.990. The lowest BCUT2D eigenvalue weighted by Gasteiger charge is -1.98. The van der Waals surface area contributed by atoms with E-state index in [2.05, 4.69) is 20.9 Å². The maximum Gasteiger partial charge on any atom is 0.161 e. The van der Waals surface area contributed by atoms with Gasteiger partial charge in [0.15, 0.2) is 5.78 Å². The molecule has 0 unspecified atom stereocenters. The molecule has 0 bridgehead atoms. The van der Waals surface area contributed by atoms with E-state index >= 15 is 0 Å². The number of carbonyl (C=O) groups excluding carboxylic acids is 1. The van der Waals surface area contributed by atoms with E-state index in [0.717, 1.165) is 0 Å². The Balaban J connectivity index is 3.15. The molecule has 1 aromatic rings. The molecule has 0 spiro atoms. The molecule has 0 amide bonds. The first-order chi connectivity index (χ1) is 5.11. The first kappa shape index (κ1) is 8.20. The summed E-state index contributed by atoms with van der Waals surface area (Å²) in [5.41, 5.74) is 5.98. The van der Waals surface area contributed by atoms with Gasteiger partial charge in [-0.25, -0.2) is 4.98 Å². The normalized spacial score (nSPS) is 9.64. The molecule has 0 aliphatic heterocycles. The van der Waals surface area contributed by atoms with Crippen molar-refractivity contribution in [1.82, 2.24) is 4.98 Å². The van der Waals surface area contributed by atoms with E-state index in [0.29, 0.717) is 15.9 Å². The van der Waals surface area contributed by atoms with Gasteiger partial charge in [0.25, 0.3) is 0 Å². The number of nitrogen functional groups attached to an aromatic ring is 1. The Labute approximate surface area is 72.7 Å². The van der Waals surface area contributed by atoms with E-state index in [1.54, 1.807) is 6.07 Å². The molecule has 0 aromatic carbocycles. The van der Waals surface area contributed by atoms with E-state index in [-0.39, 0.29) is 5.78 Å². The van der Waals surface area contributed by atoms with Crippen LogP contribution < -0.4 is 5.73 Å². The van der Waals surface area contributed by atoms with Crippen LogP contribution in [-0.2, 0) is 0 Å². The highest BCUT2D eigenvalue weighted by atomic mass is 79.9. The van der Waals surface area contributed by atoms with Crippen LogP contribution in [0.1, 0.15) is 17.3 Å². The van der Waals surface area contributed by atoms with Crippen molar-refractivity contribution in [3.05, 3.63) is 22.3 Å². The van der Waals surface area contributed by atoms with Gasteiger partial charge in [0.1, 0.15) is 5.82 Å². The van der Waals surface area contributed by atoms with E-state index < -0.39 is 0 Å². The number of hydrogen-bond donors (Lipinski definition) is 1. The number of hydrogen-bond acceptors (Lipinski definition) is 3. The van der Waals surface area contributed by atoms with E-state index in [1.165, 1.54) is 13.1 Å². The highest BCUT2D eigenvalue weighted by Gasteiger charge is 2.02. The van der Waals surface area contributed by atoms with E-state index in [1.807, 2.05) is 0 Å². The van der Waals surface area contributed by atoms with Crippen molar-refractivity contribution < 1.29 is 4.79 Å². The topological polar surface area (TPSA) is 56.0 Å². The summed E-state index contributed by atoms with van der Waals surface area (Å²) in [6.07, 6.45) is 1.46. The summed E-state index contributed by atoms with van der Waals surface area (Å²) in [7, 11) is 0. The summed E-state index contributed by atoms with van der Waals surface area (Å²) in [4.78, 5) is 14.6. The van der Waals surface area contributed by atoms with Gasteiger partial charge in [-0.1, -0.05) is 0 Å². The summed E-state index contributed by atoms with van der Waals surface area (Å²) < 4.78 is 0.658. The van der Waals surface area contributed by atoms with Gasteiger partial charge in [0.2, 0.25) is 0 Å². The number of carbonyl (C=O) groups is 1. The largest absolute Gasteiger partial charge is 0.383 e. The molecule has 0 aliphatic rings. The number of halogens is 1. The van der Waals surface area contributed by atoms with Crippen LogP contribution in [0.15, 0.2) is 16.7 Å². The molecule has 0 radical (unpaired) electrons. The number of aromatic nitrogens is 1. The number of rotatable bonds is 1. The van der Waals surface area contributed by atoms with Gasteiger partial charge in [-0.3, -0.25) is 4.79 Å². The minimum atomic E-state index is -0.0156. The van der Waals surface area contributed by atoms with Crippen LogP contribution in [0.4, 0.5) is 5.82 Å². The van der Waals surface area contributed by atoms with Gasteiger partial charge < -0.3 is 5.73 Å². The maximum atomic E-state index is 10.8. The van der Waals surface area contributed by atoms with E-state index in [9.17, 15) is 4.79 Å². The molecule has 0 saturated heterocycles. The van der Waals surface area contributed by atoms with Crippen molar-refractivity contribution in [2.75, 3.05) is 5.73 Å². The number of Topliss-reactive ketones (excluding diaryl/α,β-unsaturated/α-hetero) is 1. The fraction of sp³-hybridized carbons (Fsp3) is 0.143. The third-order valence-corrected chi connectivity index (χ3v) is 1.91. The van der Waals surface area contributed by atoms with Crippen molar-refractivity contribution in [2.24, 2.45) is 0 Å². The van der Waals surface area contributed by atoms with Gasteiger partial charge in [-0.05, 0) is 28.9 Å². The zero-order valence-corrected chi connectivity index (χ0v) is 7.55. The molecular formula is C7H7BrN2O. The second kappa shape index (κ2) is 3.00. The number of nitrogens with zero attached hydrogens (tertiary/aromatic N) is 1. The number of anilines is 1. The predicted molar refractivity (Wildman–Crippen MR) is 46.4 cm³/mol. The number of pyridine rings is 1. The summed E-state index contributed by atoms with van der Waals surface area (Å²) >= 11 is 3.17. The third-order valence-electron chi connectivity index (χ3n) is 1.28. The zero-order chi connectivity index (χ0) is 8.43. The molecule has 1 heterocycles. The molecule has 58 valence electrons. The molecule has 0 fully saturated rings. The molecule has 1 rings (SSSR count). The van der Waals surface area contributed by atoms with Crippen LogP contribution in [0.25, 0.3) is 0 Å². The second-order valence-corrected chi connectivity index (χ2v) is 3.00. The van der Waals surface area contributed by atoms with Gasteiger partial charge in [0.05, 0.1) is 4.47 Å². The third kappa shape index (κ3) is 1.77. The zero-order valence-electron chi connectivity index (χ0n) is 5.97. The lowest BCUT2D eigenvalue weighted by atomic mass is 10.2. The monoisotopic (exact) mass is 214 g/mol. The summed E-state index contributed by atoms with van der Waals surface area (Å²) in [5, 5.41) is 0. The number of ketones is 1. The molecule has 3 nitrogen and oxygen atoms in total. The van der Waals surface area contributed by atoms with Gasteiger partial charge in [-0.2, -0.15) is 0 Å². The van der Waals surface area contributed by atoms with Crippen LogP contribution in [-0.4, -0.2) is 10.8 Å². The van der Waals surface area contributed by atoms with Gasteiger partial charge in [0, 0.05) is 11.8 Å². The Morgan fingerprint density at radius 2 is 2.36 bits per heavy atom. The Morgan fingerprint density at radius 3 is 2.82 bits per heavy atom. The van der Waals surface area contributed by atoms with Crippen molar-refractivity contribution in [3.8, 4) is 0 Å². The molecule has 11 heavy (non-hydrogen) atoms. The summed E-state index contributed by atoms with van der Waals surface area (Å²) in [6.45, 7) is 1.49. The number of nitrogens with two attached hydrogens (primary N) is 1. The SMILES string of the molecule is CC(=O)c1cnc(N)c(Br)c1. The quantitative estimate of drug-likeness (QED) is 0.724. The highest BCUT2D eigenvalue weighted by Crippen LogP contribution is 2.17. The first-order valence-electron chi connectivity index (χ1n) is 3.03. The van der Waals surface area contributed by atoms with Crippen molar-refractivity contribution >= 4 is 27.5 Å². The Morgan fingerprint density at radius 1 is 1.73 bits per heavy atom. The minimum absolute atomic E-state index is 0.0156. The lowest BCUT2D eigenvalue weighted by Crippen LogP contribution is -1.97. The average molecular weight is 215 g/mol.